The fourth-order valence-electron chi connectivity index (χ4n) is 3.38. The summed E-state index contributed by atoms with van der Waals surface area (Å²) in [5.74, 6) is -6.99. The first-order valence-electron chi connectivity index (χ1n) is 10.8. The van der Waals surface area contributed by atoms with Crippen molar-refractivity contribution >= 4 is 52.3 Å². The molecule has 0 aromatic heterocycles. The zero-order valence-electron chi connectivity index (χ0n) is 19.8. The Morgan fingerprint density at radius 1 is 0.925 bits per heavy atom. The molecule has 0 saturated carbocycles. The molecule has 0 N–H and O–H groups in total. The largest absolute Gasteiger partial charge is 0.417 e. The summed E-state index contributed by atoms with van der Waals surface area (Å²) in [5.41, 5.74) is -4.46. The molecule has 1 amide bonds. The fraction of sp³-hybridized carbons (Fsp3) is 0.333. The van der Waals surface area contributed by atoms with Crippen LogP contribution in [0.25, 0.3) is 5.83 Å². The molecule has 0 spiro atoms. The van der Waals surface area contributed by atoms with Crippen molar-refractivity contribution in [1.82, 2.24) is 4.90 Å². The second kappa shape index (κ2) is 12.6. The summed E-state index contributed by atoms with van der Waals surface area (Å²) >= 11 is 17.2. The van der Waals surface area contributed by atoms with Crippen molar-refractivity contribution in [2.24, 2.45) is 0 Å². The Morgan fingerprint density at radius 3 is 1.95 bits per heavy atom. The Kier molecular flexibility index (Phi) is 10.6. The third kappa shape index (κ3) is 9.00. The van der Waals surface area contributed by atoms with Gasteiger partial charge in [-0.15, -0.1) is 0 Å². The number of likely N-dealkylation sites (N-methyl/N-ethyl adjacent to an activating group) is 1. The summed E-state index contributed by atoms with van der Waals surface area (Å²) in [7, 11) is 0.896. The number of ketones is 1. The van der Waals surface area contributed by atoms with Gasteiger partial charge in [-0.1, -0.05) is 46.9 Å². The van der Waals surface area contributed by atoms with Gasteiger partial charge >= 0.3 is 18.5 Å². The van der Waals surface area contributed by atoms with Crippen LogP contribution in [0.15, 0.2) is 36.4 Å². The normalized spacial score (nSPS) is 13.8. The van der Waals surface area contributed by atoms with Gasteiger partial charge in [0.1, 0.15) is 11.7 Å². The molecule has 0 aliphatic rings. The van der Waals surface area contributed by atoms with Gasteiger partial charge in [0.05, 0.1) is 33.6 Å². The molecule has 2 rings (SSSR count). The zero-order chi connectivity index (χ0) is 30.8. The highest BCUT2D eigenvalue weighted by Crippen LogP contribution is 2.43. The lowest BCUT2D eigenvalue weighted by Gasteiger charge is -2.20. The molecule has 2 aromatic rings. The molecule has 16 heteroatoms. The van der Waals surface area contributed by atoms with Crippen LogP contribution in [0.5, 0.6) is 0 Å². The number of allylic oxidation sites excluding steroid dienone is 1. The van der Waals surface area contributed by atoms with E-state index in [-0.39, 0.29) is 17.2 Å². The number of hydrogen-bond donors (Lipinski definition) is 0. The van der Waals surface area contributed by atoms with Crippen LogP contribution in [-0.4, -0.2) is 42.5 Å². The van der Waals surface area contributed by atoms with E-state index in [2.05, 4.69) is 0 Å². The summed E-state index contributed by atoms with van der Waals surface area (Å²) in [6, 6.07) is 2.70. The SMILES string of the molecule is CN(CC(=O)c1ccc(/C(F)=C/C(c2cc(Cl)c(Cl)c(Cl)c2)C(F)(F)F)cc1C(F)(F)F)C(=O)CCC(F)(F)F. The first-order chi connectivity index (χ1) is 18.1. The van der Waals surface area contributed by atoms with Gasteiger partial charge in [-0.25, -0.2) is 4.39 Å². The second-order valence-corrected chi connectivity index (χ2v) is 9.57. The number of Topliss-reactive ketones (excluding diaryl/α,β-unsaturated/α-hetero) is 1. The third-order valence-electron chi connectivity index (χ3n) is 5.36. The van der Waals surface area contributed by atoms with Crippen LogP contribution in [0.3, 0.4) is 0 Å². The Bertz CT molecular complexity index is 1280. The maximum Gasteiger partial charge on any atom is 0.417 e. The molecule has 1 atom stereocenters. The zero-order valence-corrected chi connectivity index (χ0v) is 22.1. The van der Waals surface area contributed by atoms with Gasteiger partial charge < -0.3 is 4.90 Å². The molecule has 2 aromatic carbocycles. The van der Waals surface area contributed by atoms with E-state index in [0.29, 0.717) is 17.0 Å². The van der Waals surface area contributed by atoms with Crippen LogP contribution < -0.4 is 0 Å². The van der Waals surface area contributed by atoms with E-state index in [1.807, 2.05) is 0 Å². The molecule has 0 radical (unpaired) electrons. The Hall–Kier alpha value is -2.51. The summed E-state index contributed by atoms with van der Waals surface area (Å²) < 4.78 is 134. The minimum absolute atomic E-state index is 0.0139. The molecule has 0 saturated heterocycles. The maximum absolute atomic E-state index is 15.0. The van der Waals surface area contributed by atoms with Crippen molar-refractivity contribution in [3.05, 3.63) is 73.7 Å². The lowest BCUT2D eigenvalue weighted by Crippen LogP contribution is -2.33. The number of alkyl halides is 9. The summed E-state index contributed by atoms with van der Waals surface area (Å²) in [4.78, 5) is 24.8. The van der Waals surface area contributed by atoms with Crippen LogP contribution in [0, 0.1) is 0 Å². The van der Waals surface area contributed by atoms with Gasteiger partial charge in [-0.05, 0) is 29.8 Å². The molecular formula is C24H16Cl3F10NO2. The van der Waals surface area contributed by atoms with Crippen LogP contribution in [0.2, 0.25) is 15.1 Å². The van der Waals surface area contributed by atoms with Crippen LogP contribution in [0.4, 0.5) is 43.9 Å². The molecule has 0 aliphatic heterocycles. The number of carbonyl (C=O) groups is 2. The molecule has 220 valence electrons. The smallest absolute Gasteiger partial charge is 0.338 e. The monoisotopic (exact) mass is 645 g/mol. The standard InChI is InChI=1S/C24H16Cl3F10NO2/c1-38(20(40)4-5-22(29,30)31)10-19(39)13-3-2-11(6-15(13)24(35,36)37)18(28)9-14(23(32,33)34)12-7-16(25)21(27)17(26)8-12/h2-3,6-9,14H,4-5,10H2,1H3/b18-9-. The minimum atomic E-state index is -5.30. The van der Waals surface area contributed by atoms with E-state index >= 15 is 0 Å². The number of nitrogens with zero attached hydrogens (tertiary/aromatic N) is 1. The average Bonchev–Trinajstić information content (AvgIpc) is 2.81. The molecule has 0 heterocycles. The highest BCUT2D eigenvalue weighted by atomic mass is 35.5. The topological polar surface area (TPSA) is 37.4 Å². The number of hydrogen-bond acceptors (Lipinski definition) is 2. The van der Waals surface area contributed by atoms with Crippen molar-refractivity contribution in [1.29, 1.82) is 0 Å². The lowest BCUT2D eigenvalue weighted by atomic mass is 9.95. The molecule has 3 nitrogen and oxygen atoms in total. The first-order valence-corrected chi connectivity index (χ1v) is 11.9. The van der Waals surface area contributed by atoms with Crippen LogP contribution >= 0.6 is 34.8 Å². The van der Waals surface area contributed by atoms with Gasteiger partial charge in [0, 0.05) is 24.6 Å². The van der Waals surface area contributed by atoms with Crippen molar-refractivity contribution < 1.29 is 53.5 Å². The summed E-state index contributed by atoms with van der Waals surface area (Å²) in [5, 5.41) is -1.06. The van der Waals surface area contributed by atoms with E-state index in [9.17, 15) is 53.5 Å². The van der Waals surface area contributed by atoms with E-state index in [4.69, 9.17) is 34.8 Å². The summed E-state index contributed by atoms with van der Waals surface area (Å²) in [6.45, 7) is -1.05. The molecule has 0 aliphatic carbocycles. The van der Waals surface area contributed by atoms with Crippen molar-refractivity contribution in [3.8, 4) is 0 Å². The fourth-order valence-corrected chi connectivity index (χ4v) is 3.99. The maximum atomic E-state index is 15.0. The van der Waals surface area contributed by atoms with Gasteiger partial charge in [-0.2, -0.15) is 39.5 Å². The predicted molar refractivity (Wildman–Crippen MR) is 128 cm³/mol. The first kappa shape index (κ1) is 33.7. The molecule has 40 heavy (non-hydrogen) atoms. The third-order valence-corrected chi connectivity index (χ3v) is 6.56. The van der Waals surface area contributed by atoms with E-state index < -0.39 is 93.6 Å². The van der Waals surface area contributed by atoms with Gasteiger partial charge in [-0.3, -0.25) is 9.59 Å². The quantitative estimate of drug-likeness (QED) is 0.163. The Labute approximate surface area is 235 Å². The second-order valence-electron chi connectivity index (χ2n) is 8.38. The number of amides is 1. The molecule has 1 unspecified atom stereocenters. The molecule has 0 fully saturated rings. The van der Waals surface area contributed by atoms with Crippen molar-refractivity contribution in [3.63, 3.8) is 0 Å². The van der Waals surface area contributed by atoms with E-state index in [1.165, 1.54) is 0 Å². The summed E-state index contributed by atoms with van der Waals surface area (Å²) in [6.07, 6.45) is -17.7. The van der Waals surface area contributed by atoms with Crippen molar-refractivity contribution in [2.45, 2.75) is 37.3 Å². The highest BCUT2D eigenvalue weighted by molar-refractivity contribution is 6.48. The average molecular weight is 647 g/mol. The van der Waals surface area contributed by atoms with Crippen molar-refractivity contribution in [2.75, 3.05) is 13.6 Å². The number of halogens is 13. The van der Waals surface area contributed by atoms with Gasteiger partial charge in [0.2, 0.25) is 5.91 Å². The Morgan fingerprint density at radius 2 is 1.48 bits per heavy atom. The van der Waals surface area contributed by atoms with Crippen LogP contribution in [0.1, 0.15) is 45.8 Å². The number of carbonyl (C=O) groups excluding carboxylic acids is 2. The number of rotatable bonds is 8. The van der Waals surface area contributed by atoms with Gasteiger partial charge in [0.15, 0.2) is 5.78 Å². The van der Waals surface area contributed by atoms with E-state index in [0.717, 1.165) is 19.2 Å². The van der Waals surface area contributed by atoms with Gasteiger partial charge in [0.25, 0.3) is 0 Å². The predicted octanol–water partition coefficient (Wildman–Crippen LogP) is 9.31. The highest BCUT2D eigenvalue weighted by Gasteiger charge is 2.41. The Balaban J connectivity index is 2.45. The van der Waals surface area contributed by atoms with E-state index in [1.54, 1.807) is 0 Å². The molecular weight excluding hydrogens is 631 g/mol. The number of benzene rings is 2. The van der Waals surface area contributed by atoms with Crippen LogP contribution in [-0.2, 0) is 11.0 Å². The minimum Gasteiger partial charge on any atom is -0.338 e. The lowest BCUT2D eigenvalue weighted by molar-refractivity contribution is -0.148. The molecule has 0 bridgehead atoms.